The van der Waals surface area contributed by atoms with Gasteiger partial charge in [0, 0.05) is 23.5 Å². The molecule has 1 amide bonds. The van der Waals surface area contributed by atoms with Gasteiger partial charge in [-0.05, 0) is 24.1 Å². The summed E-state index contributed by atoms with van der Waals surface area (Å²) in [4.78, 5) is 23.5. The van der Waals surface area contributed by atoms with E-state index < -0.39 is 12.6 Å². The lowest BCUT2D eigenvalue weighted by Gasteiger charge is -2.12. The number of fused-ring (bicyclic) bond motifs is 1. The summed E-state index contributed by atoms with van der Waals surface area (Å²) >= 11 is 0. The van der Waals surface area contributed by atoms with Gasteiger partial charge in [0.15, 0.2) is 6.61 Å². The number of benzene rings is 2. The van der Waals surface area contributed by atoms with Crippen molar-refractivity contribution in [3.63, 3.8) is 0 Å². The van der Waals surface area contributed by atoms with E-state index in [-0.39, 0.29) is 11.8 Å². The Balaban J connectivity index is 1.92. The third kappa shape index (κ3) is 3.92. The first-order chi connectivity index (χ1) is 12.9. The van der Waals surface area contributed by atoms with Crippen LogP contribution < -0.4 is 10.1 Å². The van der Waals surface area contributed by atoms with E-state index in [1.165, 1.54) is 0 Å². The van der Waals surface area contributed by atoms with Crippen LogP contribution in [0.5, 0.6) is 5.75 Å². The Morgan fingerprint density at radius 2 is 1.89 bits per heavy atom. The van der Waals surface area contributed by atoms with E-state index in [2.05, 4.69) is 10.4 Å². The van der Waals surface area contributed by atoms with E-state index in [0.717, 1.165) is 16.5 Å². The maximum absolute atomic E-state index is 12.7. The first kappa shape index (κ1) is 18.4. The molecule has 3 aromatic rings. The first-order valence-corrected chi connectivity index (χ1v) is 8.58. The summed E-state index contributed by atoms with van der Waals surface area (Å²) in [6.45, 7) is 3.61. The van der Waals surface area contributed by atoms with Crippen LogP contribution in [0, 0.1) is 0 Å². The highest BCUT2D eigenvalue weighted by Gasteiger charge is 2.17. The van der Waals surface area contributed by atoms with Crippen LogP contribution in [-0.2, 0) is 11.8 Å². The van der Waals surface area contributed by atoms with Gasteiger partial charge in [0.1, 0.15) is 11.4 Å². The summed E-state index contributed by atoms with van der Waals surface area (Å²) in [5, 5.41) is 17.6. The van der Waals surface area contributed by atoms with Crippen LogP contribution in [0.3, 0.4) is 0 Å². The second-order valence-corrected chi connectivity index (χ2v) is 6.53. The lowest BCUT2D eigenvalue weighted by Crippen LogP contribution is -2.16. The Hall–Kier alpha value is -3.35. The molecule has 3 rings (SSSR count). The molecule has 7 heteroatoms. The molecule has 0 saturated carbocycles. The van der Waals surface area contributed by atoms with Crippen LogP contribution in [0.2, 0.25) is 0 Å². The van der Waals surface area contributed by atoms with Crippen LogP contribution in [0.4, 0.5) is 5.69 Å². The minimum atomic E-state index is -1.05. The predicted octanol–water partition coefficient (Wildman–Crippen LogP) is 3.41. The van der Waals surface area contributed by atoms with Crippen molar-refractivity contribution in [1.82, 2.24) is 9.78 Å². The van der Waals surface area contributed by atoms with E-state index in [9.17, 15) is 9.59 Å². The molecule has 2 aromatic carbocycles. The van der Waals surface area contributed by atoms with Crippen molar-refractivity contribution in [2.24, 2.45) is 7.05 Å². The fourth-order valence-corrected chi connectivity index (χ4v) is 2.82. The van der Waals surface area contributed by atoms with E-state index in [0.29, 0.717) is 17.1 Å². The summed E-state index contributed by atoms with van der Waals surface area (Å²) in [7, 11) is 1.74. The van der Waals surface area contributed by atoms with Gasteiger partial charge in [-0.25, -0.2) is 4.79 Å². The minimum absolute atomic E-state index is 0.226. The molecule has 7 nitrogen and oxygen atoms in total. The zero-order valence-corrected chi connectivity index (χ0v) is 15.4. The number of hydrogen-bond donors (Lipinski definition) is 2. The molecular weight excluding hydrogens is 346 g/mol. The van der Waals surface area contributed by atoms with Crippen LogP contribution in [0.25, 0.3) is 10.8 Å². The van der Waals surface area contributed by atoms with E-state index in [1.54, 1.807) is 29.9 Å². The molecule has 0 spiro atoms. The van der Waals surface area contributed by atoms with Gasteiger partial charge in [-0.15, -0.1) is 0 Å². The Morgan fingerprint density at radius 3 is 2.52 bits per heavy atom. The number of aliphatic carboxylic acids is 1. The number of carbonyl (C=O) groups excluding carboxylic acids is 1. The average Bonchev–Trinajstić information content (AvgIpc) is 3.03. The fourth-order valence-electron chi connectivity index (χ4n) is 2.82. The third-order valence-corrected chi connectivity index (χ3v) is 4.21. The van der Waals surface area contributed by atoms with Crippen molar-refractivity contribution in [2.45, 2.75) is 19.8 Å². The largest absolute Gasteiger partial charge is 0.481 e. The lowest BCUT2D eigenvalue weighted by atomic mass is 10.1. The van der Waals surface area contributed by atoms with Gasteiger partial charge in [-0.3, -0.25) is 9.48 Å². The highest BCUT2D eigenvalue weighted by molar-refractivity contribution is 6.09. The summed E-state index contributed by atoms with van der Waals surface area (Å²) < 4.78 is 6.91. The van der Waals surface area contributed by atoms with Gasteiger partial charge in [0.25, 0.3) is 5.91 Å². The maximum Gasteiger partial charge on any atom is 0.341 e. The van der Waals surface area contributed by atoms with Crippen molar-refractivity contribution in [3.8, 4) is 5.75 Å². The molecule has 0 atom stereocenters. The average molecular weight is 367 g/mol. The van der Waals surface area contributed by atoms with Crippen LogP contribution in [-0.4, -0.2) is 33.4 Å². The number of carbonyl (C=O) groups is 2. The van der Waals surface area contributed by atoms with Crippen LogP contribution in [0.1, 0.15) is 35.9 Å². The number of ether oxygens (including phenoxy) is 1. The molecule has 2 N–H and O–H groups in total. The summed E-state index contributed by atoms with van der Waals surface area (Å²) in [6, 6.07) is 12.5. The molecule has 140 valence electrons. The molecule has 0 saturated heterocycles. The van der Waals surface area contributed by atoms with Crippen LogP contribution in [0.15, 0.2) is 42.5 Å². The summed E-state index contributed by atoms with van der Waals surface area (Å²) in [5.74, 6) is -0.632. The van der Waals surface area contributed by atoms with Gasteiger partial charge in [0.2, 0.25) is 0 Å². The normalized spacial score (nSPS) is 11.0. The number of carboxylic acid groups (broad SMARTS) is 1. The SMILES string of the molecule is CC(C)c1cc(C(=O)Nc2ccc(OCC(=O)O)c3ccccc23)n(C)n1. The zero-order valence-electron chi connectivity index (χ0n) is 15.4. The van der Waals surface area contributed by atoms with Crippen molar-refractivity contribution < 1.29 is 19.4 Å². The molecule has 1 aromatic heterocycles. The third-order valence-electron chi connectivity index (χ3n) is 4.21. The molecule has 0 radical (unpaired) electrons. The summed E-state index contributed by atoms with van der Waals surface area (Å²) in [6.07, 6.45) is 0. The number of anilines is 1. The standard InChI is InChI=1S/C20H21N3O4/c1-12(2)16-10-17(23(3)22-16)20(26)21-15-8-9-18(27-11-19(24)25)14-7-5-4-6-13(14)15/h4-10,12H,11H2,1-3H3,(H,21,26)(H,24,25). The van der Waals surface area contributed by atoms with Gasteiger partial charge in [0.05, 0.1) is 5.69 Å². The number of hydrogen-bond acceptors (Lipinski definition) is 4. The predicted molar refractivity (Wildman–Crippen MR) is 102 cm³/mol. The number of aryl methyl sites for hydroxylation is 1. The second-order valence-electron chi connectivity index (χ2n) is 6.53. The Kier molecular flexibility index (Phi) is 5.12. The number of carboxylic acids is 1. The molecule has 0 aliphatic rings. The number of amides is 1. The lowest BCUT2D eigenvalue weighted by molar-refractivity contribution is -0.139. The van der Waals surface area contributed by atoms with Crippen LogP contribution >= 0.6 is 0 Å². The van der Waals surface area contributed by atoms with E-state index >= 15 is 0 Å². The van der Waals surface area contributed by atoms with E-state index in [4.69, 9.17) is 9.84 Å². The van der Waals surface area contributed by atoms with Crippen molar-refractivity contribution in [2.75, 3.05) is 11.9 Å². The number of nitrogens with zero attached hydrogens (tertiary/aromatic N) is 2. The number of nitrogens with one attached hydrogen (secondary N) is 1. The second kappa shape index (κ2) is 7.49. The highest BCUT2D eigenvalue weighted by atomic mass is 16.5. The first-order valence-electron chi connectivity index (χ1n) is 8.58. The van der Waals surface area contributed by atoms with Gasteiger partial charge in [-0.1, -0.05) is 38.1 Å². The molecule has 27 heavy (non-hydrogen) atoms. The Labute approximate surface area is 156 Å². The zero-order chi connectivity index (χ0) is 19.6. The Bertz CT molecular complexity index is 1010. The van der Waals surface area contributed by atoms with Gasteiger partial charge < -0.3 is 15.2 Å². The molecule has 0 fully saturated rings. The molecule has 0 aliphatic heterocycles. The molecule has 0 aliphatic carbocycles. The number of rotatable bonds is 6. The molecular formula is C20H21N3O4. The van der Waals surface area contributed by atoms with Crippen molar-refractivity contribution in [3.05, 3.63) is 53.9 Å². The fraction of sp³-hybridized carbons (Fsp3) is 0.250. The smallest absolute Gasteiger partial charge is 0.341 e. The minimum Gasteiger partial charge on any atom is -0.481 e. The summed E-state index contributed by atoms with van der Waals surface area (Å²) in [5.41, 5.74) is 1.93. The Morgan fingerprint density at radius 1 is 1.19 bits per heavy atom. The highest BCUT2D eigenvalue weighted by Crippen LogP contribution is 2.32. The maximum atomic E-state index is 12.7. The van der Waals surface area contributed by atoms with E-state index in [1.807, 2.05) is 38.1 Å². The molecule has 0 unspecified atom stereocenters. The molecule has 1 heterocycles. The monoisotopic (exact) mass is 367 g/mol. The van der Waals surface area contributed by atoms with Gasteiger partial charge >= 0.3 is 5.97 Å². The van der Waals surface area contributed by atoms with Crippen molar-refractivity contribution in [1.29, 1.82) is 0 Å². The van der Waals surface area contributed by atoms with Gasteiger partial charge in [-0.2, -0.15) is 5.10 Å². The number of aromatic nitrogens is 2. The molecule has 0 bridgehead atoms. The van der Waals surface area contributed by atoms with Crippen molar-refractivity contribution >= 4 is 28.3 Å². The quantitative estimate of drug-likeness (QED) is 0.696. The topological polar surface area (TPSA) is 93.5 Å².